The average Bonchev–Trinajstić information content (AvgIpc) is 2.46. The van der Waals surface area contributed by atoms with Crippen molar-refractivity contribution in [3.05, 3.63) is 48.0 Å². The molecule has 0 fully saturated rings. The molecule has 96 valence electrons. The summed E-state index contributed by atoms with van der Waals surface area (Å²) >= 11 is 0. The summed E-state index contributed by atoms with van der Waals surface area (Å²) < 4.78 is 0. The number of nitrogens with two attached hydrogens (primary N) is 1. The van der Waals surface area contributed by atoms with Gasteiger partial charge in [0, 0.05) is 24.7 Å². The first-order valence-electron chi connectivity index (χ1n) is 6.45. The number of nitrogens with zero attached hydrogens (tertiary/aromatic N) is 1. The number of ketones is 1. The molecule has 1 aromatic carbocycles. The molecule has 2 rings (SSSR count). The molecule has 2 atom stereocenters. The van der Waals surface area contributed by atoms with Crippen molar-refractivity contribution in [2.45, 2.75) is 25.4 Å². The van der Waals surface area contributed by atoms with E-state index in [4.69, 9.17) is 5.73 Å². The molecule has 0 spiro atoms. The second-order valence-corrected chi connectivity index (χ2v) is 4.66. The second-order valence-electron chi connectivity index (χ2n) is 4.66. The van der Waals surface area contributed by atoms with Gasteiger partial charge >= 0.3 is 0 Å². The van der Waals surface area contributed by atoms with Gasteiger partial charge < -0.3 is 5.73 Å². The molecule has 0 radical (unpaired) electrons. The minimum Gasteiger partial charge on any atom is -0.329 e. The Hall–Kier alpha value is -1.45. The highest BCUT2D eigenvalue weighted by Gasteiger charge is 2.27. The van der Waals surface area contributed by atoms with Crippen LogP contribution < -0.4 is 5.73 Å². The number of hydrogen-bond acceptors (Lipinski definition) is 3. The van der Waals surface area contributed by atoms with Crippen LogP contribution in [0.15, 0.2) is 42.5 Å². The van der Waals surface area contributed by atoms with E-state index >= 15 is 0 Å². The molecule has 2 N–H and O–H groups in total. The molecule has 1 aromatic rings. The van der Waals surface area contributed by atoms with E-state index in [-0.39, 0.29) is 17.9 Å². The van der Waals surface area contributed by atoms with Crippen molar-refractivity contribution in [3.8, 4) is 0 Å². The van der Waals surface area contributed by atoms with E-state index in [2.05, 4.69) is 17.1 Å². The summed E-state index contributed by atoms with van der Waals surface area (Å²) in [5, 5.41) is 0. The molecular formula is C15H20N2O. The molecule has 3 nitrogen and oxygen atoms in total. The summed E-state index contributed by atoms with van der Waals surface area (Å²) in [5.41, 5.74) is 6.54. The quantitative estimate of drug-likeness (QED) is 0.649. The number of rotatable bonds is 4. The maximum atomic E-state index is 12.4. The van der Waals surface area contributed by atoms with Crippen LogP contribution in [0.2, 0.25) is 0 Å². The van der Waals surface area contributed by atoms with Crippen molar-refractivity contribution in [2.24, 2.45) is 5.73 Å². The largest absolute Gasteiger partial charge is 0.329 e. The van der Waals surface area contributed by atoms with Gasteiger partial charge in [-0.1, -0.05) is 42.5 Å². The van der Waals surface area contributed by atoms with Crippen LogP contribution in [-0.4, -0.2) is 35.9 Å². The highest BCUT2D eigenvalue weighted by molar-refractivity contribution is 5.99. The minimum atomic E-state index is -0.120. The van der Waals surface area contributed by atoms with Crippen molar-refractivity contribution in [3.63, 3.8) is 0 Å². The lowest BCUT2D eigenvalue weighted by molar-refractivity contribution is 0.0796. The third-order valence-electron chi connectivity index (χ3n) is 3.51. The number of carbonyl (C=O) groups is 1. The summed E-state index contributed by atoms with van der Waals surface area (Å²) in [6, 6.07) is 9.53. The topological polar surface area (TPSA) is 46.3 Å². The van der Waals surface area contributed by atoms with Crippen LogP contribution in [0.1, 0.15) is 23.7 Å². The fourth-order valence-corrected chi connectivity index (χ4v) is 2.44. The molecule has 0 bridgehead atoms. The lowest BCUT2D eigenvalue weighted by Crippen LogP contribution is -2.49. The van der Waals surface area contributed by atoms with Crippen molar-refractivity contribution >= 4 is 5.78 Å². The zero-order valence-corrected chi connectivity index (χ0v) is 10.8. The van der Waals surface area contributed by atoms with E-state index in [1.165, 1.54) is 0 Å². The number of Topliss-reactive ketones (excluding diaryl/α,β-unsaturated/α-hetero) is 1. The molecule has 2 unspecified atom stereocenters. The molecule has 0 aromatic heterocycles. The van der Waals surface area contributed by atoms with Crippen LogP contribution in [0.5, 0.6) is 0 Å². The van der Waals surface area contributed by atoms with Crippen molar-refractivity contribution in [1.29, 1.82) is 0 Å². The molecule has 3 heteroatoms. The predicted molar refractivity (Wildman–Crippen MR) is 73.5 cm³/mol. The van der Waals surface area contributed by atoms with Crippen LogP contribution in [0.25, 0.3) is 0 Å². The molecule has 1 aliphatic rings. The Morgan fingerprint density at radius 2 is 2.17 bits per heavy atom. The van der Waals surface area contributed by atoms with Crippen LogP contribution >= 0.6 is 0 Å². The van der Waals surface area contributed by atoms with Gasteiger partial charge in [-0.15, -0.1) is 0 Å². The fourth-order valence-electron chi connectivity index (χ4n) is 2.44. The van der Waals surface area contributed by atoms with E-state index in [0.717, 1.165) is 18.5 Å². The lowest BCUT2D eigenvalue weighted by Gasteiger charge is -2.35. The maximum Gasteiger partial charge on any atom is 0.179 e. The fraction of sp³-hybridized carbons (Fsp3) is 0.400. The summed E-state index contributed by atoms with van der Waals surface area (Å²) in [4.78, 5) is 14.6. The molecule has 1 heterocycles. The Kier molecular flexibility index (Phi) is 4.28. The Labute approximate surface area is 108 Å². The van der Waals surface area contributed by atoms with E-state index in [1.54, 1.807) is 0 Å². The summed E-state index contributed by atoms with van der Waals surface area (Å²) in [5.74, 6) is 0.171. The zero-order chi connectivity index (χ0) is 13.0. The molecule has 1 aliphatic heterocycles. The van der Waals surface area contributed by atoms with Gasteiger partial charge in [0.05, 0.1) is 6.04 Å². The number of carbonyl (C=O) groups excluding carboxylic acids is 1. The first-order valence-corrected chi connectivity index (χ1v) is 6.45. The van der Waals surface area contributed by atoms with Crippen molar-refractivity contribution in [2.75, 3.05) is 13.1 Å². The van der Waals surface area contributed by atoms with Crippen molar-refractivity contribution < 1.29 is 4.79 Å². The van der Waals surface area contributed by atoms with E-state index in [9.17, 15) is 4.79 Å². The van der Waals surface area contributed by atoms with Gasteiger partial charge in [-0.3, -0.25) is 9.69 Å². The van der Waals surface area contributed by atoms with Gasteiger partial charge in [0.15, 0.2) is 5.78 Å². The Morgan fingerprint density at radius 3 is 2.83 bits per heavy atom. The second kappa shape index (κ2) is 5.94. The number of benzene rings is 1. The minimum absolute atomic E-state index is 0.120. The average molecular weight is 244 g/mol. The van der Waals surface area contributed by atoms with Gasteiger partial charge in [0.1, 0.15) is 0 Å². The third kappa shape index (κ3) is 2.68. The van der Waals surface area contributed by atoms with E-state index < -0.39 is 0 Å². The number of hydrogen-bond donors (Lipinski definition) is 1. The molecule has 0 saturated heterocycles. The highest BCUT2D eigenvalue weighted by atomic mass is 16.1. The predicted octanol–water partition coefficient (Wildman–Crippen LogP) is 1.85. The van der Waals surface area contributed by atoms with E-state index in [1.807, 2.05) is 37.3 Å². The third-order valence-corrected chi connectivity index (χ3v) is 3.51. The maximum absolute atomic E-state index is 12.4. The Bertz CT molecular complexity index is 427. The van der Waals surface area contributed by atoms with Gasteiger partial charge in [0.2, 0.25) is 0 Å². The van der Waals surface area contributed by atoms with Crippen LogP contribution in [0, 0.1) is 0 Å². The lowest BCUT2D eigenvalue weighted by atomic mass is 10.0. The van der Waals surface area contributed by atoms with Gasteiger partial charge in [0.25, 0.3) is 0 Å². The molecule has 18 heavy (non-hydrogen) atoms. The highest BCUT2D eigenvalue weighted by Crippen LogP contribution is 2.16. The first-order chi connectivity index (χ1) is 8.74. The zero-order valence-electron chi connectivity index (χ0n) is 10.8. The monoisotopic (exact) mass is 244 g/mol. The van der Waals surface area contributed by atoms with Gasteiger partial charge in [-0.25, -0.2) is 0 Å². The summed E-state index contributed by atoms with van der Waals surface area (Å²) in [6.45, 7) is 3.43. The Balaban J connectivity index is 2.13. The van der Waals surface area contributed by atoms with Gasteiger partial charge in [-0.2, -0.15) is 0 Å². The Morgan fingerprint density at radius 1 is 1.44 bits per heavy atom. The normalized spacial score (nSPS) is 21.8. The summed E-state index contributed by atoms with van der Waals surface area (Å²) in [6.07, 6.45) is 5.24. The molecule has 0 amide bonds. The van der Waals surface area contributed by atoms with Crippen LogP contribution in [0.3, 0.4) is 0 Å². The first kappa shape index (κ1) is 13.0. The van der Waals surface area contributed by atoms with E-state index in [0.29, 0.717) is 6.54 Å². The van der Waals surface area contributed by atoms with Crippen LogP contribution in [-0.2, 0) is 0 Å². The summed E-state index contributed by atoms with van der Waals surface area (Å²) in [7, 11) is 0. The van der Waals surface area contributed by atoms with Crippen molar-refractivity contribution in [1.82, 2.24) is 4.90 Å². The SMILES string of the molecule is CC(C(=O)c1ccccc1)N1CCC=CC1CN. The molecular weight excluding hydrogens is 224 g/mol. The smallest absolute Gasteiger partial charge is 0.179 e. The van der Waals surface area contributed by atoms with Gasteiger partial charge in [-0.05, 0) is 13.3 Å². The molecule has 0 aliphatic carbocycles. The molecule has 0 saturated carbocycles. The van der Waals surface area contributed by atoms with Crippen LogP contribution in [0.4, 0.5) is 0 Å². The standard InChI is InChI=1S/C15H20N2O/c1-12(15(18)13-7-3-2-4-8-13)17-10-6-5-9-14(17)11-16/h2-5,7-9,12,14H,6,10-11,16H2,1H3.